The molecule has 1 unspecified atom stereocenters. The first-order valence-electron chi connectivity index (χ1n) is 6.73. The quantitative estimate of drug-likeness (QED) is 0.475. The topological polar surface area (TPSA) is 60.9 Å². The van der Waals surface area contributed by atoms with Crippen molar-refractivity contribution in [1.82, 2.24) is 15.3 Å². The number of imidazole rings is 1. The van der Waals surface area contributed by atoms with Gasteiger partial charge in [0.25, 0.3) is 0 Å². The minimum absolute atomic E-state index is 0.0868. The standard InChI is InChI=1S/C13H23N3OS/c1-13(10-17,16-11-4-5-11)6-2-3-9-18-12-14-7-8-15-12/h7-8,11,16-17H,2-6,9-10H2,1H3,(H,14,15). The van der Waals surface area contributed by atoms with Crippen LogP contribution >= 0.6 is 11.8 Å². The average Bonchev–Trinajstić information content (AvgIpc) is 3.01. The zero-order chi connectivity index (χ0) is 12.8. The van der Waals surface area contributed by atoms with E-state index in [-0.39, 0.29) is 12.1 Å². The molecule has 1 aromatic heterocycles. The molecule has 1 saturated carbocycles. The molecule has 0 spiro atoms. The summed E-state index contributed by atoms with van der Waals surface area (Å²) in [7, 11) is 0. The summed E-state index contributed by atoms with van der Waals surface area (Å²) in [6.07, 6.45) is 9.51. The lowest BCUT2D eigenvalue weighted by atomic mass is 9.96. The molecule has 2 rings (SSSR count). The molecule has 0 bridgehead atoms. The fourth-order valence-electron chi connectivity index (χ4n) is 2.03. The molecule has 3 N–H and O–H groups in total. The molecule has 0 amide bonds. The number of unbranched alkanes of at least 4 members (excludes halogenated alkanes) is 1. The molecule has 1 heterocycles. The second-order valence-corrected chi connectivity index (χ2v) is 6.42. The van der Waals surface area contributed by atoms with Gasteiger partial charge < -0.3 is 15.4 Å². The summed E-state index contributed by atoms with van der Waals surface area (Å²) in [5.41, 5.74) is -0.0868. The van der Waals surface area contributed by atoms with Gasteiger partial charge in [-0.1, -0.05) is 18.2 Å². The fraction of sp³-hybridized carbons (Fsp3) is 0.769. The van der Waals surface area contributed by atoms with E-state index in [9.17, 15) is 5.11 Å². The maximum absolute atomic E-state index is 9.49. The molecule has 1 aliphatic carbocycles. The van der Waals surface area contributed by atoms with E-state index in [1.807, 2.05) is 6.20 Å². The Bertz CT molecular complexity index is 340. The first-order valence-corrected chi connectivity index (χ1v) is 7.71. The van der Waals surface area contributed by atoms with E-state index in [1.54, 1.807) is 18.0 Å². The van der Waals surface area contributed by atoms with Crippen LogP contribution in [0.2, 0.25) is 0 Å². The predicted octanol–water partition coefficient (Wildman–Crippen LogP) is 2.18. The Morgan fingerprint density at radius 3 is 3.00 bits per heavy atom. The van der Waals surface area contributed by atoms with Crippen LogP contribution < -0.4 is 5.32 Å². The molecule has 0 saturated heterocycles. The largest absolute Gasteiger partial charge is 0.394 e. The number of aliphatic hydroxyl groups excluding tert-OH is 1. The number of aliphatic hydroxyl groups is 1. The predicted molar refractivity (Wildman–Crippen MR) is 74.8 cm³/mol. The SMILES string of the molecule is CC(CO)(CCCCSc1ncc[nH]1)NC1CC1. The highest BCUT2D eigenvalue weighted by Gasteiger charge is 2.31. The molecule has 4 nitrogen and oxygen atoms in total. The third-order valence-corrected chi connectivity index (χ3v) is 4.30. The van der Waals surface area contributed by atoms with Gasteiger partial charge in [-0.05, 0) is 32.6 Å². The first-order chi connectivity index (χ1) is 8.72. The number of thioether (sulfide) groups is 1. The summed E-state index contributed by atoms with van der Waals surface area (Å²) < 4.78 is 0. The third kappa shape index (κ3) is 4.63. The van der Waals surface area contributed by atoms with Crippen molar-refractivity contribution in [1.29, 1.82) is 0 Å². The molecule has 0 radical (unpaired) electrons. The van der Waals surface area contributed by atoms with E-state index in [2.05, 4.69) is 22.2 Å². The van der Waals surface area contributed by atoms with Gasteiger partial charge in [-0.25, -0.2) is 4.98 Å². The van der Waals surface area contributed by atoms with Crippen LogP contribution in [-0.2, 0) is 0 Å². The number of hydrogen-bond acceptors (Lipinski definition) is 4. The second-order valence-electron chi connectivity index (χ2n) is 5.34. The van der Waals surface area contributed by atoms with Crippen LogP contribution in [0.15, 0.2) is 17.6 Å². The summed E-state index contributed by atoms with van der Waals surface area (Å²) in [5.74, 6) is 1.08. The number of hydrogen-bond donors (Lipinski definition) is 3. The summed E-state index contributed by atoms with van der Waals surface area (Å²) in [6, 6.07) is 0.652. The van der Waals surface area contributed by atoms with Crippen molar-refractivity contribution in [3.05, 3.63) is 12.4 Å². The minimum atomic E-state index is -0.0868. The Morgan fingerprint density at radius 2 is 2.39 bits per heavy atom. The molecule has 1 fully saturated rings. The Kier molecular flexibility index (Phi) is 5.09. The highest BCUT2D eigenvalue weighted by molar-refractivity contribution is 7.99. The first kappa shape index (κ1) is 13.9. The second kappa shape index (κ2) is 6.59. The van der Waals surface area contributed by atoms with Crippen LogP contribution in [0.4, 0.5) is 0 Å². The van der Waals surface area contributed by atoms with Gasteiger partial charge in [-0.3, -0.25) is 0 Å². The van der Waals surface area contributed by atoms with Crippen LogP contribution in [0.5, 0.6) is 0 Å². The zero-order valence-corrected chi connectivity index (χ0v) is 11.8. The molecule has 1 aromatic rings. The van der Waals surface area contributed by atoms with E-state index < -0.39 is 0 Å². The summed E-state index contributed by atoms with van der Waals surface area (Å²) >= 11 is 1.76. The van der Waals surface area contributed by atoms with Crippen molar-refractivity contribution in [3.8, 4) is 0 Å². The maximum atomic E-state index is 9.49. The minimum Gasteiger partial charge on any atom is -0.394 e. The van der Waals surface area contributed by atoms with Gasteiger partial charge in [-0.15, -0.1) is 0 Å². The smallest absolute Gasteiger partial charge is 0.165 e. The van der Waals surface area contributed by atoms with E-state index in [0.717, 1.165) is 30.2 Å². The average molecular weight is 269 g/mol. The molecule has 102 valence electrons. The van der Waals surface area contributed by atoms with Crippen LogP contribution in [0.25, 0.3) is 0 Å². The Balaban J connectivity index is 1.58. The lowest BCUT2D eigenvalue weighted by Gasteiger charge is -2.29. The molecule has 0 aliphatic heterocycles. The molecule has 1 atom stereocenters. The van der Waals surface area contributed by atoms with Crippen molar-refractivity contribution in [2.75, 3.05) is 12.4 Å². The van der Waals surface area contributed by atoms with Crippen LogP contribution in [0, 0.1) is 0 Å². The monoisotopic (exact) mass is 269 g/mol. The number of rotatable bonds is 9. The van der Waals surface area contributed by atoms with E-state index in [1.165, 1.54) is 12.8 Å². The van der Waals surface area contributed by atoms with E-state index >= 15 is 0 Å². The Hall–Kier alpha value is -0.520. The Morgan fingerprint density at radius 1 is 1.56 bits per heavy atom. The van der Waals surface area contributed by atoms with Crippen LogP contribution in [-0.4, -0.2) is 39.0 Å². The van der Waals surface area contributed by atoms with E-state index in [4.69, 9.17) is 0 Å². The lowest BCUT2D eigenvalue weighted by Crippen LogP contribution is -2.46. The van der Waals surface area contributed by atoms with Gasteiger partial charge in [0.2, 0.25) is 0 Å². The summed E-state index contributed by atoms with van der Waals surface area (Å²) in [6.45, 7) is 2.36. The van der Waals surface area contributed by atoms with Crippen LogP contribution in [0.1, 0.15) is 39.0 Å². The van der Waals surface area contributed by atoms with Gasteiger partial charge in [0.15, 0.2) is 5.16 Å². The maximum Gasteiger partial charge on any atom is 0.165 e. The molecule has 0 aromatic carbocycles. The molecule has 18 heavy (non-hydrogen) atoms. The Labute approximate surface area is 113 Å². The fourth-order valence-corrected chi connectivity index (χ4v) is 2.86. The van der Waals surface area contributed by atoms with Crippen molar-refractivity contribution in [3.63, 3.8) is 0 Å². The zero-order valence-electron chi connectivity index (χ0n) is 11.0. The summed E-state index contributed by atoms with van der Waals surface area (Å²) in [5, 5.41) is 14.0. The lowest BCUT2D eigenvalue weighted by molar-refractivity contribution is 0.161. The van der Waals surface area contributed by atoms with Gasteiger partial charge in [0.1, 0.15) is 0 Å². The molecule has 5 heteroatoms. The van der Waals surface area contributed by atoms with Gasteiger partial charge in [0, 0.05) is 29.7 Å². The van der Waals surface area contributed by atoms with Gasteiger partial charge in [-0.2, -0.15) is 0 Å². The number of H-pyrrole nitrogens is 1. The highest BCUT2D eigenvalue weighted by atomic mass is 32.2. The molecular formula is C13H23N3OS. The van der Waals surface area contributed by atoms with Crippen molar-refractivity contribution in [2.45, 2.75) is 55.8 Å². The number of nitrogens with one attached hydrogen (secondary N) is 2. The molecule has 1 aliphatic rings. The van der Waals surface area contributed by atoms with Crippen molar-refractivity contribution < 1.29 is 5.11 Å². The number of aromatic amines is 1. The normalized spacial score (nSPS) is 18.8. The van der Waals surface area contributed by atoms with Crippen molar-refractivity contribution >= 4 is 11.8 Å². The van der Waals surface area contributed by atoms with Crippen molar-refractivity contribution in [2.24, 2.45) is 0 Å². The molecular weight excluding hydrogens is 246 g/mol. The number of nitrogens with zero attached hydrogens (tertiary/aromatic N) is 1. The number of aromatic nitrogens is 2. The van der Waals surface area contributed by atoms with Crippen LogP contribution in [0.3, 0.4) is 0 Å². The highest BCUT2D eigenvalue weighted by Crippen LogP contribution is 2.25. The van der Waals surface area contributed by atoms with Gasteiger partial charge in [0.05, 0.1) is 6.61 Å². The van der Waals surface area contributed by atoms with Gasteiger partial charge >= 0.3 is 0 Å². The third-order valence-electron chi connectivity index (χ3n) is 3.31. The van der Waals surface area contributed by atoms with E-state index in [0.29, 0.717) is 6.04 Å². The summed E-state index contributed by atoms with van der Waals surface area (Å²) in [4.78, 5) is 7.27.